The number of carbonyl (C=O) groups excluding carboxylic acids is 1. The van der Waals surface area contributed by atoms with E-state index in [9.17, 15) is 26.4 Å². The first-order chi connectivity index (χ1) is 13.8. The molecule has 1 aliphatic heterocycles. The van der Waals surface area contributed by atoms with E-state index in [0.29, 0.717) is 4.31 Å². The van der Waals surface area contributed by atoms with Gasteiger partial charge in [-0.15, -0.1) is 0 Å². The average molecular weight is 419 g/mol. The molecule has 1 aromatic heterocycles. The molecule has 0 bridgehead atoms. The van der Waals surface area contributed by atoms with E-state index in [1.165, 1.54) is 30.5 Å². The van der Waals surface area contributed by atoms with Crippen LogP contribution in [0.4, 0.5) is 29.5 Å². The molecule has 148 valence electrons. The predicted octanol–water partition coefficient (Wildman–Crippen LogP) is 3.96. The molecule has 0 atom stereocenters. The van der Waals surface area contributed by atoms with Gasteiger partial charge in [0.05, 0.1) is 12.2 Å². The van der Waals surface area contributed by atoms with E-state index in [0.717, 1.165) is 35.2 Å². The van der Waals surface area contributed by atoms with Crippen molar-refractivity contribution in [1.82, 2.24) is 9.29 Å². The number of rotatable bonds is 3. The number of urea groups is 1. The Bertz CT molecular complexity index is 1230. The Morgan fingerprint density at radius 1 is 0.931 bits per heavy atom. The maximum absolute atomic E-state index is 14.1. The molecular weight excluding hydrogens is 407 g/mol. The SMILES string of the molecule is O=C1N(c2cccc(F)c2)c2ncccc2S(=O)(=O)N1Cc1cc(F)ccc1F. The van der Waals surface area contributed by atoms with Gasteiger partial charge in [0.1, 0.15) is 22.3 Å². The topological polar surface area (TPSA) is 70.6 Å². The van der Waals surface area contributed by atoms with E-state index >= 15 is 0 Å². The lowest BCUT2D eigenvalue weighted by molar-refractivity contribution is 0.228. The third-order valence-corrected chi connectivity index (χ3v) is 6.06. The van der Waals surface area contributed by atoms with Crippen LogP contribution < -0.4 is 4.90 Å². The molecule has 0 saturated heterocycles. The second kappa shape index (κ2) is 6.89. The smallest absolute Gasteiger partial charge is 0.246 e. The Labute approximate surface area is 163 Å². The largest absolute Gasteiger partial charge is 0.344 e. The zero-order valence-corrected chi connectivity index (χ0v) is 15.4. The summed E-state index contributed by atoms with van der Waals surface area (Å²) in [5.41, 5.74) is -0.289. The van der Waals surface area contributed by atoms with Crippen molar-refractivity contribution in [3.05, 3.63) is 83.8 Å². The van der Waals surface area contributed by atoms with Crippen LogP contribution in [0.3, 0.4) is 0 Å². The van der Waals surface area contributed by atoms with Crippen molar-refractivity contribution in [1.29, 1.82) is 0 Å². The lowest BCUT2D eigenvalue weighted by Gasteiger charge is -2.35. The molecule has 0 N–H and O–H groups in total. The molecule has 2 aromatic carbocycles. The van der Waals surface area contributed by atoms with E-state index in [1.54, 1.807) is 0 Å². The van der Waals surface area contributed by atoms with Crippen molar-refractivity contribution >= 4 is 27.6 Å². The molecule has 0 unspecified atom stereocenters. The minimum Gasteiger partial charge on any atom is -0.246 e. The van der Waals surface area contributed by atoms with Crippen molar-refractivity contribution in [3.8, 4) is 0 Å². The minimum absolute atomic E-state index is 0.0366. The number of fused-ring (bicyclic) bond motifs is 1. The molecule has 0 saturated carbocycles. The van der Waals surface area contributed by atoms with Crippen molar-refractivity contribution in [2.24, 2.45) is 0 Å². The number of carbonyl (C=O) groups is 1. The quantitative estimate of drug-likeness (QED) is 0.644. The van der Waals surface area contributed by atoms with Gasteiger partial charge in [0.25, 0.3) is 10.0 Å². The molecular formula is C19H12F3N3O3S. The fourth-order valence-corrected chi connectivity index (χ4v) is 4.45. The van der Waals surface area contributed by atoms with Gasteiger partial charge in [-0.1, -0.05) is 6.07 Å². The number of benzene rings is 2. The summed E-state index contributed by atoms with van der Waals surface area (Å²) in [4.78, 5) is 17.7. The third kappa shape index (κ3) is 3.21. The number of halogens is 3. The standard InChI is InChI=1S/C19H12F3N3O3S/c20-13-3-1-4-15(10-13)25-18-17(5-2-8-23-18)29(27,28)24(19(25)26)11-12-9-14(21)6-7-16(12)22/h1-10H,11H2. The second-order valence-electron chi connectivity index (χ2n) is 6.17. The van der Waals surface area contributed by atoms with Crippen LogP contribution in [-0.4, -0.2) is 23.7 Å². The summed E-state index contributed by atoms with van der Waals surface area (Å²) >= 11 is 0. The van der Waals surface area contributed by atoms with Gasteiger partial charge in [-0.05, 0) is 48.5 Å². The van der Waals surface area contributed by atoms with Gasteiger partial charge in [0.2, 0.25) is 0 Å². The Hall–Kier alpha value is -3.40. The molecule has 0 spiro atoms. The molecule has 2 heterocycles. The average Bonchev–Trinajstić information content (AvgIpc) is 2.68. The molecule has 1 aliphatic rings. The van der Waals surface area contributed by atoms with Crippen LogP contribution >= 0.6 is 0 Å². The zero-order chi connectivity index (χ0) is 20.8. The highest BCUT2D eigenvalue weighted by molar-refractivity contribution is 7.90. The van der Waals surface area contributed by atoms with Gasteiger partial charge in [0, 0.05) is 11.8 Å². The molecule has 0 aliphatic carbocycles. The van der Waals surface area contributed by atoms with E-state index in [2.05, 4.69) is 4.98 Å². The highest BCUT2D eigenvalue weighted by Gasteiger charge is 2.43. The van der Waals surface area contributed by atoms with Gasteiger partial charge < -0.3 is 0 Å². The normalized spacial score (nSPS) is 15.3. The molecule has 10 heteroatoms. The predicted molar refractivity (Wildman–Crippen MR) is 97.3 cm³/mol. The number of anilines is 2. The maximum Gasteiger partial charge on any atom is 0.344 e. The van der Waals surface area contributed by atoms with Crippen LogP contribution in [0.15, 0.2) is 65.7 Å². The first-order valence-corrected chi connectivity index (χ1v) is 9.74. The minimum atomic E-state index is -4.41. The van der Waals surface area contributed by atoms with Crippen LogP contribution in [0, 0.1) is 17.5 Å². The number of sulfonamides is 1. The highest BCUT2D eigenvalue weighted by atomic mass is 32.2. The van der Waals surface area contributed by atoms with E-state index in [1.807, 2.05) is 0 Å². The number of hydrogen-bond acceptors (Lipinski definition) is 4. The van der Waals surface area contributed by atoms with Crippen LogP contribution in [0.5, 0.6) is 0 Å². The van der Waals surface area contributed by atoms with Gasteiger partial charge in [0.15, 0.2) is 5.82 Å². The highest BCUT2D eigenvalue weighted by Crippen LogP contribution is 2.38. The van der Waals surface area contributed by atoms with Crippen LogP contribution in [-0.2, 0) is 16.6 Å². The van der Waals surface area contributed by atoms with Gasteiger partial charge >= 0.3 is 6.03 Å². The molecule has 0 fully saturated rings. The van der Waals surface area contributed by atoms with Gasteiger partial charge in [-0.3, -0.25) is 0 Å². The number of hydrogen-bond donors (Lipinski definition) is 0. The summed E-state index contributed by atoms with van der Waals surface area (Å²) in [6.45, 7) is -0.745. The van der Waals surface area contributed by atoms with Crippen molar-refractivity contribution in [3.63, 3.8) is 0 Å². The Morgan fingerprint density at radius 2 is 1.69 bits per heavy atom. The molecule has 6 nitrogen and oxygen atoms in total. The number of nitrogens with zero attached hydrogens (tertiary/aromatic N) is 3. The summed E-state index contributed by atoms with van der Waals surface area (Å²) in [6, 6.07) is 8.97. The zero-order valence-electron chi connectivity index (χ0n) is 14.6. The maximum atomic E-state index is 14.1. The fraction of sp³-hybridized carbons (Fsp3) is 0.0526. The summed E-state index contributed by atoms with van der Waals surface area (Å²) in [6.07, 6.45) is 1.29. The summed E-state index contributed by atoms with van der Waals surface area (Å²) in [5.74, 6) is -2.51. The third-order valence-electron chi connectivity index (χ3n) is 4.32. The van der Waals surface area contributed by atoms with Gasteiger partial charge in [-0.2, -0.15) is 0 Å². The second-order valence-corrected chi connectivity index (χ2v) is 8.00. The Balaban J connectivity index is 1.89. The lowest BCUT2D eigenvalue weighted by Crippen LogP contribution is -2.48. The van der Waals surface area contributed by atoms with Crippen molar-refractivity contribution in [2.75, 3.05) is 4.90 Å². The van der Waals surface area contributed by atoms with Crippen LogP contribution in [0.1, 0.15) is 5.56 Å². The number of pyridine rings is 1. The van der Waals surface area contributed by atoms with E-state index < -0.39 is 40.1 Å². The summed E-state index contributed by atoms with van der Waals surface area (Å²) < 4.78 is 67.8. The van der Waals surface area contributed by atoms with Crippen molar-refractivity contribution < 1.29 is 26.4 Å². The first kappa shape index (κ1) is 18.9. The summed E-state index contributed by atoms with van der Waals surface area (Å²) in [7, 11) is -4.41. The van der Waals surface area contributed by atoms with Gasteiger partial charge in [-0.25, -0.2) is 40.6 Å². The summed E-state index contributed by atoms with van der Waals surface area (Å²) in [5, 5.41) is 0. The Morgan fingerprint density at radius 3 is 2.45 bits per heavy atom. The molecule has 2 amide bonds. The fourth-order valence-electron chi connectivity index (χ4n) is 2.99. The molecule has 4 rings (SSSR count). The van der Waals surface area contributed by atoms with E-state index in [4.69, 9.17) is 0 Å². The number of amides is 2. The van der Waals surface area contributed by atoms with E-state index in [-0.39, 0.29) is 22.0 Å². The lowest BCUT2D eigenvalue weighted by atomic mass is 10.2. The molecule has 0 radical (unpaired) electrons. The first-order valence-electron chi connectivity index (χ1n) is 8.30. The van der Waals surface area contributed by atoms with Crippen molar-refractivity contribution in [2.45, 2.75) is 11.4 Å². The van der Waals surface area contributed by atoms with Crippen LogP contribution in [0.25, 0.3) is 0 Å². The van der Waals surface area contributed by atoms with Crippen LogP contribution in [0.2, 0.25) is 0 Å². The molecule has 29 heavy (non-hydrogen) atoms. The molecule has 3 aromatic rings. The Kier molecular flexibility index (Phi) is 4.50. The number of aromatic nitrogens is 1. The monoisotopic (exact) mass is 419 g/mol.